The van der Waals surface area contributed by atoms with E-state index >= 15 is 0 Å². The van der Waals surface area contributed by atoms with Crippen molar-refractivity contribution in [1.29, 1.82) is 0 Å². The zero-order valence-corrected chi connectivity index (χ0v) is 11.2. The number of carbonyl (C=O) groups is 1. The molecule has 0 bridgehead atoms. The molecule has 0 saturated carbocycles. The summed E-state index contributed by atoms with van der Waals surface area (Å²) in [7, 11) is -3.13. The summed E-state index contributed by atoms with van der Waals surface area (Å²) in [4.78, 5) is 13.3. The van der Waals surface area contributed by atoms with Gasteiger partial charge in [-0.2, -0.15) is 0 Å². The molecular formula is C11H20N2O3S. The molecule has 0 atom stereocenters. The molecule has 1 fully saturated rings. The van der Waals surface area contributed by atoms with Gasteiger partial charge in [-0.05, 0) is 32.8 Å². The molecule has 1 aliphatic rings. The summed E-state index contributed by atoms with van der Waals surface area (Å²) in [5.74, 6) is 0.106. The Morgan fingerprint density at radius 1 is 1.41 bits per heavy atom. The molecule has 0 radical (unpaired) electrons. The number of rotatable bonds is 4. The summed E-state index contributed by atoms with van der Waals surface area (Å²) in [6.07, 6.45) is 4.62. The summed E-state index contributed by atoms with van der Waals surface area (Å²) < 4.78 is 25.4. The van der Waals surface area contributed by atoms with Gasteiger partial charge >= 0.3 is 0 Å². The molecule has 98 valence electrons. The minimum atomic E-state index is -3.13. The van der Waals surface area contributed by atoms with Gasteiger partial charge in [0.2, 0.25) is 15.9 Å². The van der Waals surface area contributed by atoms with Crippen LogP contribution in [-0.2, 0) is 14.8 Å². The number of likely N-dealkylation sites (tertiary alicyclic amines) is 1. The van der Waals surface area contributed by atoms with E-state index < -0.39 is 10.0 Å². The zero-order chi connectivity index (χ0) is 12.9. The number of nitrogens with zero attached hydrogens (tertiary/aromatic N) is 1. The Balaban J connectivity index is 2.44. The summed E-state index contributed by atoms with van der Waals surface area (Å²) in [5, 5.41) is 0. The Morgan fingerprint density at radius 2 is 2.00 bits per heavy atom. The number of allylic oxidation sites excluding steroid dienone is 1. The van der Waals surface area contributed by atoms with Crippen molar-refractivity contribution >= 4 is 15.9 Å². The Hall–Kier alpha value is -0.880. The normalized spacial score (nSPS) is 18.8. The molecule has 1 heterocycles. The van der Waals surface area contributed by atoms with Gasteiger partial charge in [0.25, 0.3) is 0 Å². The van der Waals surface area contributed by atoms with Crippen LogP contribution < -0.4 is 4.72 Å². The van der Waals surface area contributed by atoms with E-state index in [2.05, 4.69) is 4.72 Å². The Morgan fingerprint density at radius 3 is 2.47 bits per heavy atom. The maximum atomic E-state index is 11.5. The topological polar surface area (TPSA) is 66.5 Å². The second kappa shape index (κ2) is 6.16. The molecule has 0 aliphatic carbocycles. The average Bonchev–Trinajstić information content (AvgIpc) is 2.30. The van der Waals surface area contributed by atoms with E-state index in [4.69, 9.17) is 0 Å². The minimum absolute atomic E-state index is 0.00398. The Kier molecular flexibility index (Phi) is 5.14. The number of hydrogen-bond acceptors (Lipinski definition) is 3. The largest absolute Gasteiger partial charge is 0.339 e. The maximum absolute atomic E-state index is 11.5. The van der Waals surface area contributed by atoms with Gasteiger partial charge in [-0.15, -0.1) is 0 Å². The first-order valence-corrected chi connectivity index (χ1v) is 7.55. The van der Waals surface area contributed by atoms with Crippen LogP contribution in [0.15, 0.2) is 12.2 Å². The van der Waals surface area contributed by atoms with Crippen LogP contribution in [0.4, 0.5) is 0 Å². The number of nitrogens with one attached hydrogen (secondary N) is 1. The zero-order valence-electron chi connectivity index (χ0n) is 10.3. The van der Waals surface area contributed by atoms with Gasteiger partial charge in [0, 0.05) is 19.1 Å². The van der Waals surface area contributed by atoms with Crippen LogP contribution in [0.3, 0.4) is 0 Å². The van der Waals surface area contributed by atoms with Gasteiger partial charge in [0.15, 0.2) is 0 Å². The SMILES string of the molecule is CC=CC(=O)N1CCC(NS(=O)(=O)CC)CC1. The number of hydrogen-bond donors (Lipinski definition) is 1. The van der Waals surface area contributed by atoms with E-state index in [-0.39, 0.29) is 17.7 Å². The lowest BCUT2D eigenvalue weighted by atomic mass is 10.1. The van der Waals surface area contributed by atoms with E-state index in [1.54, 1.807) is 24.8 Å². The smallest absolute Gasteiger partial charge is 0.246 e. The fraction of sp³-hybridized carbons (Fsp3) is 0.727. The standard InChI is InChI=1S/C11H20N2O3S/c1-3-5-11(14)13-8-6-10(7-9-13)12-17(15,16)4-2/h3,5,10,12H,4,6-9H2,1-2H3. The highest BCUT2D eigenvalue weighted by Gasteiger charge is 2.24. The van der Waals surface area contributed by atoms with Crippen LogP contribution in [0.2, 0.25) is 0 Å². The summed E-state index contributed by atoms with van der Waals surface area (Å²) in [6, 6.07) is -0.0328. The summed E-state index contributed by atoms with van der Waals surface area (Å²) in [6.45, 7) is 4.65. The Bertz CT molecular complexity index is 382. The molecule has 6 heteroatoms. The number of piperidine rings is 1. The van der Waals surface area contributed by atoms with Crippen molar-refractivity contribution in [2.75, 3.05) is 18.8 Å². The highest BCUT2D eigenvalue weighted by Crippen LogP contribution is 2.11. The van der Waals surface area contributed by atoms with Crippen LogP contribution in [0.25, 0.3) is 0 Å². The van der Waals surface area contributed by atoms with Crippen molar-refractivity contribution < 1.29 is 13.2 Å². The lowest BCUT2D eigenvalue weighted by Crippen LogP contribution is -2.46. The molecule has 0 unspecified atom stereocenters. The summed E-state index contributed by atoms with van der Waals surface area (Å²) >= 11 is 0. The van der Waals surface area contributed by atoms with Crippen LogP contribution in [-0.4, -0.2) is 44.1 Å². The monoisotopic (exact) mass is 260 g/mol. The minimum Gasteiger partial charge on any atom is -0.339 e. The molecule has 1 aliphatic heterocycles. The number of sulfonamides is 1. The fourth-order valence-electron chi connectivity index (χ4n) is 1.80. The highest BCUT2D eigenvalue weighted by atomic mass is 32.2. The molecular weight excluding hydrogens is 240 g/mol. The molecule has 0 aromatic carbocycles. The van der Waals surface area contributed by atoms with Crippen molar-refractivity contribution in [1.82, 2.24) is 9.62 Å². The second-order valence-corrected chi connectivity index (χ2v) is 6.16. The first-order chi connectivity index (χ1) is 7.98. The van der Waals surface area contributed by atoms with E-state index in [9.17, 15) is 13.2 Å². The third kappa shape index (κ3) is 4.47. The molecule has 17 heavy (non-hydrogen) atoms. The van der Waals surface area contributed by atoms with Crippen molar-refractivity contribution in [3.05, 3.63) is 12.2 Å². The van der Waals surface area contributed by atoms with E-state index in [1.807, 2.05) is 0 Å². The quantitative estimate of drug-likeness (QED) is 0.748. The number of amides is 1. The maximum Gasteiger partial charge on any atom is 0.246 e. The molecule has 5 nitrogen and oxygen atoms in total. The van der Waals surface area contributed by atoms with E-state index in [0.717, 1.165) is 0 Å². The van der Waals surface area contributed by atoms with Gasteiger partial charge < -0.3 is 4.90 Å². The molecule has 0 aromatic rings. The van der Waals surface area contributed by atoms with Crippen LogP contribution in [0.5, 0.6) is 0 Å². The van der Waals surface area contributed by atoms with Crippen molar-refractivity contribution in [3.63, 3.8) is 0 Å². The highest BCUT2D eigenvalue weighted by molar-refractivity contribution is 7.89. The van der Waals surface area contributed by atoms with Crippen LogP contribution >= 0.6 is 0 Å². The number of carbonyl (C=O) groups excluding carboxylic acids is 1. The van der Waals surface area contributed by atoms with Gasteiger partial charge in [-0.3, -0.25) is 4.79 Å². The van der Waals surface area contributed by atoms with Gasteiger partial charge in [-0.25, -0.2) is 13.1 Å². The molecule has 1 amide bonds. The molecule has 1 rings (SSSR count). The first-order valence-electron chi connectivity index (χ1n) is 5.90. The van der Waals surface area contributed by atoms with Crippen molar-refractivity contribution in [2.45, 2.75) is 32.7 Å². The fourth-order valence-corrected chi connectivity index (χ4v) is 2.71. The first kappa shape index (κ1) is 14.2. The average molecular weight is 260 g/mol. The van der Waals surface area contributed by atoms with Gasteiger partial charge in [-0.1, -0.05) is 6.08 Å². The lowest BCUT2D eigenvalue weighted by molar-refractivity contribution is -0.127. The van der Waals surface area contributed by atoms with Crippen LogP contribution in [0.1, 0.15) is 26.7 Å². The molecule has 1 N–H and O–H groups in total. The van der Waals surface area contributed by atoms with Gasteiger partial charge in [0.1, 0.15) is 0 Å². The van der Waals surface area contributed by atoms with Crippen molar-refractivity contribution in [2.24, 2.45) is 0 Å². The van der Waals surface area contributed by atoms with E-state index in [0.29, 0.717) is 25.9 Å². The third-order valence-corrected chi connectivity index (χ3v) is 4.29. The summed E-state index contributed by atoms with van der Waals surface area (Å²) in [5.41, 5.74) is 0. The molecule has 1 saturated heterocycles. The van der Waals surface area contributed by atoms with E-state index in [1.165, 1.54) is 6.08 Å². The molecule has 0 spiro atoms. The van der Waals surface area contributed by atoms with Crippen LogP contribution in [0, 0.1) is 0 Å². The second-order valence-electron chi connectivity index (χ2n) is 4.12. The van der Waals surface area contributed by atoms with Crippen molar-refractivity contribution in [3.8, 4) is 0 Å². The lowest BCUT2D eigenvalue weighted by Gasteiger charge is -2.31. The predicted molar refractivity (Wildman–Crippen MR) is 67.0 cm³/mol. The Labute approximate surface area is 103 Å². The predicted octanol–water partition coefficient (Wildman–Crippen LogP) is 0.493. The third-order valence-electron chi connectivity index (χ3n) is 2.84. The molecule has 0 aromatic heterocycles. The van der Waals surface area contributed by atoms with Gasteiger partial charge in [0.05, 0.1) is 5.75 Å².